The van der Waals surface area contributed by atoms with E-state index in [1.165, 1.54) is 62.5 Å². The highest BCUT2D eigenvalue weighted by Gasteiger charge is 2.28. The van der Waals surface area contributed by atoms with E-state index >= 15 is 0 Å². The van der Waals surface area contributed by atoms with E-state index in [0.29, 0.717) is 6.04 Å². The summed E-state index contributed by atoms with van der Waals surface area (Å²) in [7, 11) is 0. The Hall–Kier alpha value is -2.14. The first-order valence-electron chi connectivity index (χ1n) is 12.5. The third-order valence-corrected chi connectivity index (χ3v) is 7.35. The van der Waals surface area contributed by atoms with Gasteiger partial charge in [-0.05, 0) is 69.0 Å². The Morgan fingerprint density at radius 2 is 1.90 bits per heavy atom. The van der Waals surface area contributed by atoms with E-state index in [1.807, 2.05) is 0 Å². The predicted molar refractivity (Wildman–Crippen MR) is 130 cm³/mol. The van der Waals surface area contributed by atoms with E-state index in [0.717, 1.165) is 60.6 Å². The molecule has 0 unspecified atom stereocenters. The molecule has 2 heterocycles. The molecule has 0 amide bonds. The Labute approximate surface area is 186 Å². The second kappa shape index (κ2) is 9.56. The van der Waals surface area contributed by atoms with Gasteiger partial charge in [-0.3, -0.25) is 0 Å². The Morgan fingerprint density at radius 3 is 2.65 bits per heavy atom. The average molecular weight is 420 g/mol. The van der Waals surface area contributed by atoms with E-state index in [9.17, 15) is 0 Å². The number of para-hydroxylation sites is 1. The standard InChI is InChI=1S/C26H37N5/c1-18(20-11-12-20)29-25-23-10-6-9-22(21-13-15-27-16-14-21)24(23)30-26(31-25)28-17-19-7-4-2-3-5-8-19/h6,9-10,13,18-20,27H,2-5,7-8,11-12,14-17H2,1H3,(H2,28,29,30,31)/t18-/m1/s1. The van der Waals surface area contributed by atoms with Crippen molar-refractivity contribution < 1.29 is 0 Å². The van der Waals surface area contributed by atoms with E-state index in [1.54, 1.807) is 0 Å². The molecule has 2 fully saturated rings. The first kappa shape index (κ1) is 20.7. The number of fused-ring (bicyclic) bond motifs is 1. The molecule has 0 bridgehead atoms. The summed E-state index contributed by atoms with van der Waals surface area (Å²) in [6.45, 7) is 5.25. The van der Waals surface area contributed by atoms with Gasteiger partial charge in [-0.15, -0.1) is 0 Å². The quantitative estimate of drug-likeness (QED) is 0.510. The van der Waals surface area contributed by atoms with Gasteiger partial charge in [0.25, 0.3) is 0 Å². The summed E-state index contributed by atoms with van der Waals surface area (Å²) in [6.07, 6.45) is 14.2. The number of aromatic nitrogens is 2. The molecule has 5 heteroatoms. The molecule has 2 aromatic rings. The van der Waals surface area contributed by atoms with Crippen LogP contribution in [0, 0.1) is 11.8 Å². The van der Waals surface area contributed by atoms with Crippen LogP contribution in [0.5, 0.6) is 0 Å². The molecular weight excluding hydrogens is 382 g/mol. The highest BCUT2D eigenvalue weighted by Crippen LogP contribution is 2.36. The topological polar surface area (TPSA) is 61.9 Å². The van der Waals surface area contributed by atoms with Crippen molar-refractivity contribution in [1.29, 1.82) is 0 Å². The molecule has 5 nitrogen and oxygen atoms in total. The fraction of sp³-hybridized carbons (Fsp3) is 0.615. The minimum absolute atomic E-state index is 0.453. The first-order chi connectivity index (χ1) is 15.3. The summed E-state index contributed by atoms with van der Waals surface area (Å²) in [5, 5.41) is 11.9. The Bertz CT molecular complexity index is 925. The minimum Gasteiger partial charge on any atom is -0.367 e. The van der Waals surface area contributed by atoms with Crippen LogP contribution in [-0.2, 0) is 0 Å². The number of hydrogen-bond acceptors (Lipinski definition) is 5. The lowest BCUT2D eigenvalue weighted by molar-refractivity contribution is 0.482. The molecule has 5 rings (SSSR count). The van der Waals surface area contributed by atoms with Gasteiger partial charge in [0.2, 0.25) is 5.95 Å². The number of hydrogen-bond donors (Lipinski definition) is 3. The van der Waals surface area contributed by atoms with E-state index in [4.69, 9.17) is 9.97 Å². The third-order valence-electron chi connectivity index (χ3n) is 7.35. The third kappa shape index (κ3) is 5.03. The Kier molecular flexibility index (Phi) is 6.40. The average Bonchev–Trinajstić information content (AvgIpc) is 3.66. The number of rotatable bonds is 7. The molecule has 31 heavy (non-hydrogen) atoms. The van der Waals surface area contributed by atoms with Crippen molar-refractivity contribution in [2.24, 2.45) is 11.8 Å². The predicted octanol–water partition coefficient (Wildman–Crippen LogP) is 5.60. The highest BCUT2D eigenvalue weighted by molar-refractivity contribution is 5.97. The molecule has 0 saturated heterocycles. The normalized spacial score (nSPS) is 21.4. The summed E-state index contributed by atoms with van der Waals surface area (Å²) >= 11 is 0. The molecule has 2 aliphatic carbocycles. The van der Waals surface area contributed by atoms with Crippen LogP contribution in [0.1, 0.15) is 70.3 Å². The molecule has 3 aliphatic rings. The van der Waals surface area contributed by atoms with Crippen LogP contribution in [0.3, 0.4) is 0 Å². The van der Waals surface area contributed by atoms with Gasteiger partial charge >= 0.3 is 0 Å². The minimum atomic E-state index is 0.453. The largest absolute Gasteiger partial charge is 0.367 e. The zero-order chi connectivity index (χ0) is 21.0. The van der Waals surface area contributed by atoms with Crippen molar-refractivity contribution in [3.63, 3.8) is 0 Å². The van der Waals surface area contributed by atoms with Crippen LogP contribution in [-0.4, -0.2) is 35.6 Å². The van der Waals surface area contributed by atoms with Crippen LogP contribution < -0.4 is 16.0 Å². The maximum Gasteiger partial charge on any atom is 0.225 e. The number of nitrogens with zero attached hydrogens (tertiary/aromatic N) is 2. The maximum absolute atomic E-state index is 5.06. The second-order valence-electron chi connectivity index (χ2n) is 9.79. The molecule has 0 spiro atoms. The first-order valence-corrected chi connectivity index (χ1v) is 12.5. The summed E-state index contributed by atoms with van der Waals surface area (Å²) in [5.41, 5.74) is 3.75. The van der Waals surface area contributed by atoms with Crippen LogP contribution in [0.2, 0.25) is 0 Å². The fourth-order valence-corrected chi connectivity index (χ4v) is 5.20. The van der Waals surface area contributed by atoms with Crippen LogP contribution >= 0.6 is 0 Å². The number of benzene rings is 1. The summed E-state index contributed by atoms with van der Waals surface area (Å²) in [5.74, 6) is 3.29. The zero-order valence-corrected chi connectivity index (χ0v) is 18.9. The van der Waals surface area contributed by atoms with Gasteiger partial charge in [-0.25, -0.2) is 4.98 Å². The summed E-state index contributed by atoms with van der Waals surface area (Å²) < 4.78 is 0. The van der Waals surface area contributed by atoms with Crippen molar-refractivity contribution in [2.45, 2.75) is 70.8 Å². The van der Waals surface area contributed by atoms with E-state index in [2.05, 4.69) is 47.1 Å². The van der Waals surface area contributed by atoms with Gasteiger partial charge in [-0.2, -0.15) is 4.98 Å². The van der Waals surface area contributed by atoms with Gasteiger partial charge in [0.05, 0.1) is 5.52 Å². The van der Waals surface area contributed by atoms with Gasteiger partial charge in [0.1, 0.15) is 5.82 Å². The highest BCUT2D eigenvalue weighted by atomic mass is 15.2. The monoisotopic (exact) mass is 419 g/mol. The fourth-order valence-electron chi connectivity index (χ4n) is 5.20. The van der Waals surface area contributed by atoms with Crippen molar-refractivity contribution in [1.82, 2.24) is 15.3 Å². The van der Waals surface area contributed by atoms with Gasteiger partial charge in [0.15, 0.2) is 0 Å². The van der Waals surface area contributed by atoms with Gasteiger partial charge in [-0.1, -0.05) is 43.9 Å². The van der Waals surface area contributed by atoms with Crippen LogP contribution in [0.15, 0.2) is 24.3 Å². The van der Waals surface area contributed by atoms with Crippen molar-refractivity contribution in [2.75, 3.05) is 30.3 Å². The lowest BCUT2D eigenvalue weighted by Crippen LogP contribution is -2.21. The number of anilines is 2. The smallest absolute Gasteiger partial charge is 0.225 e. The Balaban J connectivity index is 1.47. The molecule has 0 radical (unpaired) electrons. The molecule has 166 valence electrons. The maximum atomic E-state index is 5.06. The Morgan fingerprint density at radius 1 is 1.06 bits per heavy atom. The van der Waals surface area contributed by atoms with E-state index < -0.39 is 0 Å². The molecular formula is C26H37N5. The molecule has 1 aromatic heterocycles. The number of nitrogens with one attached hydrogen (secondary N) is 3. The van der Waals surface area contributed by atoms with Crippen molar-refractivity contribution >= 4 is 28.2 Å². The lowest BCUT2D eigenvalue weighted by atomic mass is 9.97. The molecule has 2 saturated carbocycles. The molecule has 1 atom stereocenters. The molecule has 1 aliphatic heterocycles. The van der Waals surface area contributed by atoms with Crippen molar-refractivity contribution in [3.8, 4) is 0 Å². The van der Waals surface area contributed by atoms with Gasteiger partial charge in [0, 0.05) is 30.1 Å². The molecule has 1 aromatic carbocycles. The van der Waals surface area contributed by atoms with Crippen LogP contribution in [0.4, 0.5) is 11.8 Å². The van der Waals surface area contributed by atoms with E-state index in [-0.39, 0.29) is 0 Å². The SMILES string of the molecule is C[C@@H](Nc1nc(NCC2CCCCCC2)nc2c(C3=CCNCC3)cccc12)C1CC1. The van der Waals surface area contributed by atoms with Crippen LogP contribution in [0.25, 0.3) is 16.5 Å². The summed E-state index contributed by atoms with van der Waals surface area (Å²) in [4.78, 5) is 10.0. The zero-order valence-electron chi connectivity index (χ0n) is 18.9. The molecule has 3 N–H and O–H groups in total. The second-order valence-corrected chi connectivity index (χ2v) is 9.79. The van der Waals surface area contributed by atoms with Crippen molar-refractivity contribution in [3.05, 3.63) is 29.8 Å². The lowest BCUT2D eigenvalue weighted by Gasteiger charge is -2.20. The van der Waals surface area contributed by atoms with Gasteiger partial charge < -0.3 is 16.0 Å². The summed E-state index contributed by atoms with van der Waals surface area (Å²) in [6, 6.07) is 7.03.